The number of methoxy groups -OCH3 is 1. The van der Waals surface area contributed by atoms with Gasteiger partial charge in [-0.25, -0.2) is 4.98 Å². The second-order valence-corrected chi connectivity index (χ2v) is 9.94. The molecule has 1 N–H and O–H groups in total. The Labute approximate surface area is 206 Å². The van der Waals surface area contributed by atoms with Crippen LogP contribution in [0.1, 0.15) is 23.8 Å². The van der Waals surface area contributed by atoms with Gasteiger partial charge in [0, 0.05) is 10.4 Å². The number of para-hydroxylation sites is 1. The molecule has 176 valence electrons. The molecule has 2 heterocycles. The number of ether oxygens (including phenoxy) is 3. The summed E-state index contributed by atoms with van der Waals surface area (Å²) < 4.78 is 17.1. The Hall–Kier alpha value is -3.03. The molecular formula is C26H25ClN2O4S. The van der Waals surface area contributed by atoms with Crippen LogP contribution in [0.2, 0.25) is 5.02 Å². The van der Waals surface area contributed by atoms with E-state index >= 15 is 0 Å². The number of nitrogens with zero attached hydrogens (tertiary/aromatic N) is 1. The topological polar surface area (TPSA) is 73.4 Å². The number of benzene rings is 2. The van der Waals surface area contributed by atoms with E-state index in [4.69, 9.17) is 30.8 Å². The minimum absolute atomic E-state index is 0.111. The molecule has 0 fully saturated rings. The first-order valence-corrected chi connectivity index (χ1v) is 12.5. The van der Waals surface area contributed by atoms with Crippen molar-refractivity contribution >= 4 is 33.2 Å². The molecule has 0 amide bonds. The molecule has 6 nitrogen and oxygen atoms in total. The lowest BCUT2D eigenvalue weighted by Gasteiger charge is -2.17. The van der Waals surface area contributed by atoms with Crippen molar-refractivity contribution in [1.82, 2.24) is 9.97 Å². The maximum absolute atomic E-state index is 13.0. The summed E-state index contributed by atoms with van der Waals surface area (Å²) in [6.45, 7) is 2.91. The van der Waals surface area contributed by atoms with Gasteiger partial charge in [-0.2, -0.15) is 0 Å². The molecule has 1 aliphatic rings. The summed E-state index contributed by atoms with van der Waals surface area (Å²) in [5, 5.41) is 1.10. The van der Waals surface area contributed by atoms with Gasteiger partial charge in [0.05, 0.1) is 17.5 Å². The molecule has 8 heteroatoms. The van der Waals surface area contributed by atoms with Crippen molar-refractivity contribution in [2.75, 3.05) is 20.3 Å². The van der Waals surface area contributed by atoms with Crippen molar-refractivity contribution in [1.29, 1.82) is 0 Å². The van der Waals surface area contributed by atoms with Gasteiger partial charge in [0.2, 0.25) is 0 Å². The largest absolute Gasteiger partial charge is 0.493 e. The van der Waals surface area contributed by atoms with Gasteiger partial charge < -0.3 is 19.2 Å². The van der Waals surface area contributed by atoms with E-state index in [9.17, 15) is 4.79 Å². The lowest BCUT2D eigenvalue weighted by atomic mass is 9.89. The van der Waals surface area contributed by atoms with Gasteiger partial charge in [0.15, 0.2) is 11.5 Å². The molecule has 2 aromatic carbocycles. The Balaban J connectivity index is 1.40. The average molecular weight is 497 g/mol. The molecule has 0 bridgehead atoms. The quantitative estimate of drug-likeness (QED) is 0.323. The van der Waals surface area contributed by atoms with Crippen LogP contribution in [0.4, 0.5) is 0 Å². The maximum Gasteiger partial charge on any atom is 0.260 e. The molecule has 0 aliphatic heterocycles. The third-order valence-corrected chi connectivity index (χ3v) is 7.44. The van der Waals surface area contributed by atoms with E-state index in [1.165, 1.54) is 4.88 Å². The van der Waals surface area contributed by atoms with E-state index in [2.05, 4.69) is 11.9 Å². The number of aromatic amines is 1. The molecule has 1 atom stereocenters. The second kappa shape index (κ2) is 9.68. The third kappa shape index (κ3) is 4.50. The van der Waals surface area contributed by atoms with Crippen LogP contribution in [0.3, 0.4) is 0 Å². The molecule has 5 rings (SSSR count). The van der Waals surface area contributed by atoms with Crippen molar-refractivity contribution in [2.45, 2.75) is 26.2 Å². The molecule has 0 saturated heterocycles. The minimum Gasteiger partial charge on any atom is -0.493 e. The summed E-state index contributed by atoms with van der Waals surface area (Å²) in [4.78, 5) is 22.8. The van der Waals surface area contributed by atoms with Gasteiger partial charge in [-0.15, -0.1) is 11.3 Å². The van der Waals surface area contributed by atoms with Crippen LogP contribution in [-0.2, 0) is 12.8 Å². The van der Waals surface area contributed by atoms with Gasteiger partial charge in [0.25, 0.3) is 5.56 Å². The van der Waals surface area contributed by atoms with Gasteiger partial charge in [0.1, 0.15) is 29.6 Å². The number of nitrogens with one attached hydrogen (secondary N) is 1. The molecule has 34 heavy (non-hydrogen) atoms. The van der Waals surface area contributed by atoms with Crippen molar-refractivity contribution < 1.29 is 14.2 Å². The minimum atomic E-state index is -0.111. The van der Waals surface area contributed by atoms with Crippen molar-refractivity contribution in [3.05, 3.63) is 68.3 Å². The SMILES string of the molecule is COc1cc(-c2nc3sc4c(c3c(=O)[nH]2)CC[C@H](C)C4)cc(Cl)c1OCCOc1ccccc1. The van der Waals surface area contributed by atoms with E-state index in [-0.39, 0.29) is 5.56 Å². The Kier molecular flexibility index (Phi) is 6.48. The Morgan fingerprint density at radius 1 is 1.18 bits per heavy atom. The highest BCUT2D eigenvalue weighted by Crippen LogP contribution is 2.40. The van der Waals surface area contributed by atoms with E-state index in [1.807, 2.05) is 30.3 Å². The molecule has 0 radical (unpaired) electrons. The molecule has 0 spiro atoms. The molecule has 0 saturated carbocycles. The zero-order chi connectivity index (χ0) is 23.7. The highest BCUT2D eigenvalue weighted by Gasteiger charge is 2.23. The molecular weight excluding hydrogens is 472 g/mol. The Morgan fingerprint density at radius 3 is 2.76 bits per heavy atom. The van der Waals surface area contributed by atoms with Crippen molar-refractivity contribution in [3.8, 4) is 28.6 Å². The number of rotatable bonds is 7. The number of fused-ring (bicyclic) bond motifs is 3. The highest BCUT2D eigenvalue weighted by atomic mass is 35.5. The summed E-state index contributed by atoms with van der Waals surface area (Å²) in [6.07, 6.45) is 3.04. The smallest absolute Gasteiger partial charge is 0.260 e. The first-order valence-electron chi connectivity index (χ1n) is 11.3. The van der Waals surface area contributed by atoms with Crippen LogP contribution in [0.25, 0.3) is 21.6 Å². The van der Waals surface area contributed by atoms with Crippen LogP contribution in [-0.4, -0.2) is 30.3 Å². The zero-order valence-corrected chi connectivity index (χ0v) is 20.6. The van der Waals surface area contributed by atoms with Crippen molar-refractivity contribution in [2.24, 2.45) is 5.92 Å². The van der Waals surface area contributed by atoms with Crippen molar-refractivity contribution in [3.63, 3.8) is 0 Å². The van der Waals surface area contributed by atoms with Crippen LogP contribution in [0.5, 0.6) is 17.2 Å². The van der Waals surface area contributed by atoms with Gasteiger partial charge in [-0.3, -0.25) is 4.79 Å². The third-order valence-electron chi connectivity index (χ3n) is 6.01. The monoisotopic (exact) mass is 496 g/mol. The summed E-state index contributed by atoms with van der Waals surface area (Å²) in [5.74, 6) is 2.75. The normalized spacial score (nSPS) is 15.2. The predicted molar refractivity (Wildman–Crippen MR) is 136 cm³/mol. The lowest BCUT2D eigenvalue weighted by molar-refractivity contribution is 0.211. The lowest BCUT2D eigenvalue weighted by Crippen LogP contribution is -2.13. The number of halogens is 1. The Morgan fingerprint density at radius 2 is 1.97 bits per heavy atom. The van der Waals surface area contributed by atoms with E-state index in [1.54, 1.807) is 30.6 Å². The van der Waals surface area contributed by atoms with E-state index in [0.717, 1.165) is 40.8 Å². The predicted octanol–water partition coefficient (Wildman–Crippen LogP) is 5.90. The number of aromatic nitrogens is 2. The highest BCUT2D eigenvalue weighted by molar-refractivity contribution is 7.18. The number of aryl methyl sites for hydroxylation is 1. The number of hydrogen-bond donors (Lipinski definition) is 1. The molecule has 1 aliphatic carbocycles. The summed E-state index contributed by atoms with van der Waals surface area (Å²) in [5.41, 5.74) is 1.71. The second-order valence-electron chi connectivity index (χ2n) is 8.45. The number of hydrogen-bond acceptors (Lipinski definition) is 6. The number of thiophene rings is 1. The standard InChI is InChI=1S/C26H25ClN2O4S/c1-15-8-9-18-21(12-15)34-26-22(18)25(30)28-24(29-26)16-13-19(27)23(20(14-16)31-2)33-11-10-32-17-6-4-3-5-7-17/h3-7,13-15H,8-12H2,1-2H3,(H,28,29,30)/t15-/m0/s1. The molecule has 4 aromatic rings. The molecule has 0 unspecified atom stereocenters. The summed E-state index contributed by atoms with van der Waals surface area (Å²) in [6, 6.07) is 13.0. The van der Waals surface area contributed by atoms with E-state index < -0.39 is 0 Å². The molecule has 2 aromatic heterocycles. The summed E-state index contributed by atoms with van der Waals surface area (Å²) >= 11 is 8.17. The van der Waals surface area contributed by atoms with E-state index in [0.29, 0.717) is 47.0 Å². The van der Waals surface area contributed by atoms with Crippen LogP contribution < -0.4 is 19.8 Å². The van der Waals surface area contributed by atoms with Crippen LogP contribution in [0, 0.1) is 5.92 Å². The van der Waals surface area contributed by atoms with Crippen LogP contribution >= 0.6 is 22.9 Å². The zero-order valence-electron chi connectivity index (χ0n) is 19.0. The Bertz CT molecular complexity index is 1380. The average Bonchev–Trinajstić information content (AvgIpc) is 3.20. The van der Waals surface area contributed by atoms with Gasteiger partial charge >= 0.3 is 0 Å². The first-order chi connectivity index (χ1) is 16.5. The summed E-state index contributed by atoms with van der Waals surface area (Å²) in [7, 11) is 1.55. The van der Waals surface area contributed by atoms with Crippen LogP contribution in [0.15, 0.2) is 47.3 Å². The fraction of sp³-hybridized carbons (Fsp3) is 0.308. The first kappa shape index (κ1) is 22.7. The maximum atomic E-state index is 13.0. The fourth-order valence-electron chi connectivity index (χ4n) is 4.30. The fourth-order valence-corrected chi connectivity index (χ4v) is 5.95. The van der Waals surface area contributed by atoms with Gasteiger partial charge in [-0.1, -0.05) is 36.7 Å². The van der Waals surface area contributed by atoms with Gasteiger partial charge in [-0.05, 0) is 55.0 Å². The number of H-pyrrole nitrogens is 1.